The molecule has 2 aromatic carbocycles. The third-order valence-corrected chi connectivity index (χ3v) is 4.76. The van der Waals surface area contributed by atoms with Crippen LogP contribution >= 0.6 is 27.3 Å². The summed E-state index contributed by atoms with van der Waals surface area (Å²) in [5, 5.41) is 3.98. The van der Waals surface area contributed by atoms with E-state index in [1.54, 1.807) is 29.7 Å². The van der Waals surface area contributed by atoms with Crippen LogP contribution in [0.15, 0.2) is 75.6 Å². The first-order valence-electron chi connectivity index (χ1n) is 6.96. The molecule has 1 heterocycles. The summed E-state index contributed by atoms with van der Waals surface area (Å²) < 4.78 is 1.03. The van der Waals surface area contributed by atoms with Gasteiger partial charge in [0.2, 0.25) is 0 Å². The van der Waals surface area contributed by atoms with Crippen molar-refractivity contribution in [3.05, 3.63) is 81.0 Å². The number of nitrogens with one attached hydrogen (secondary N) is 1. The van der Waals surface area contributed by atoms with Gasteiger partial charge in [0.05, 0.1) is 10.0 Å². The van der Waals surface area contributed by atoms with Gasteiger partial charge in [-0.25, -0.2) is 5.43 Å². The molecule has 0 spiro atoms. The second-order valence-electron chi connectivity index (χ2n) is 4.78. The number of hydrazone groups is 1. The fourth-order valence-corrected chi connectivity index (χ4v) is 3.36. The monoisotopic (exact) mass is 384 g/mol. The highest BCUT2D eigenvalue weighted by atomic mass is 79.9. The number of benzene rings is 2. The van der Waals surface area contributed by atoms with Crippen LogP contribution in [0, 0.1) is 0 Å². The van der Waals surface area contributed by atoms with Crippen LogP contribution in [0.5, 0.6) is 0 Å². The van der Waals surface area contributed by atoms with Crippen molar-refractivity contribution < 1.29 is 4.79 Å². The molecule has 0 radical (unpaired) electrons. The Bertz CT molecular complexity index is 826. The van der Waals surface area contributed by atoms with Gasteiger partial charge in [0.25, 0.3) is 5.91 Å². The highest BCUT2D eigenvalue weighted by molar-refractivity contribution is 9.11. The topological polar surface area (TPSA) is 41.5 Å². The van der Waals surface area contributed by atoms with Gasteiger partial charge in [-0.2, -0.15) is 5.10 Å². The predicted octanol–water partition coefficient (Wildman–Crippen LogP) is 4.94. The molecule has 0 atom stereocenters. The number of halogens is 1. The number of carbonyl (C=O) groups is 1. The normalized spacial score (nSPS) is 10.8. The zero-order chi connectivity index (χ0) is 16.1. The van der Waals surface area contributed by atoms with Crippen LogP contribution in [0.4, 0.5) is 0 Å². The summed E-state index contributed by atoms with van der Waals surface area (Å²) in [6.07, 6.45) is 1.63. The second kappa shape index (κ2) is 7.35. The van der Waals surface area contributed by atoms with Gasteiger partial charge in [-0.3, -0.25) is 4.79 Å². The fraction of sp³-hybridized carbons (Fsp3) is 0. The first kappa shape index (κ1) is 15.6. The van der Waals surface area contributed by atoms with E-state index in [1.807, 2.05) is 54.6 Å². The Balaban J connectivity index is 1.65. The largest absolute Gasteiger partial charge is 0.271 e. The highest BCUT2D eigenvalue weighted by Crippen LogP contribution is 2.20. The molecule has 3 rings (SSSR count). The number of thiophene rings is 1. The number of carbonyl (C=O) groups excluding carboxylic acids is 1. The van der Waals surface area contributed by atoms with E-state index >= 15 is 0 Å². The number of hydrogen-bond donors (Lipinski definition) is 1. The lowest BCUT2D eigenvalue weighted by atomic mass is 10.0. The fourth-order valence-electron chi connectivity index (χ4n) is 2.06. The molecule has 1 aromatic heterocycles. The third-order valence-electron chi connectivity index (χ3n) is 3.21. The van der Waals surface area contributed by atoms with Crippen molar-refractivity contribution in [2.45, 2.75) is 0 Å². The van der Waals surface area contributed by atoms with Crippen LogP contribution in [-0.2, 0) is 0 Å². The van der Waals surface area contributed by atoms with Gasteiger partial charge in [0.1, 0.15) is 0 Å². The Hall–Kier alpha value is -2.24. The lowest BCUT2D eigenvalue weighted by Gasteiger charge is -2.03. The number of hydrogen-bond acceptors (Lipinski definition) is 3. The molecule has 3 nitrogen and oxygen atoms in total. The van der Waals surface area contributed by atoms with Crippen molar-refractivity contribution in [3.8, 4) is 11.1 Å². The van der Waals surface area contributed by atoms with Crippen molar-refractivity contribution in [3.63, 3.8) is 0 Å². The molecule has 0 saturated carbocycles. The maximum Gasteiger partial charge on any atom is 0.271 e. The summed E-state index contributed by atoms with van der Waals surface area (Å²) in [5.74, 6) is -0.225. The quantitative estimate of drug-likeness (QED) is 0.502. The molecular weight excluding hydrogens is 372 g/mol. The summed E-state index contributed by atoms with van der Waals surface area (Å²) in [5.41, 5.74) is 5.32. The van der Waals surface area contributed by atoms with Gasteiger partial charge in [-0.05, 0) is 51.3 Å². The lowest BCUT2D eigenvalue weighted by molar-refractivity contribution is 0.0955. The maximum atomic E-state index is 12.1. The van der Waals surface area contributed by atoms with E-state index in [4.69, 9.17) is 0 Å². The molecule has 1 N–H and O–H groups in total. The van der Waals surface area contributed by atoms with Gasteiger partial charge >= 0.3 is 0 Å². The average Bonchev–Trinajstić information content (AvgIpc) is 3.01. The van der Waals surface area contributed by atoms with E-state index in [2.05, 4.69) is 26.5 Å². The number of amides is 1. The molecule has 1 amide bonds. The molecule has 0 aliphatic heterocycles. The zero-order valence-corrected chi connectivity index (χ0v) is 14.5. The minimum atomic E-state index is -0.225. The van der Waals surface area contributed by atoms with Crippen LogP contribution < -0.4 is 5.43 Å². The van der Waals surface area contributed by atoms with Gasteiger partial charge in [0.15, 0.2) is 0 Å². The minimum absolute atomic E-state index is 0.225. The van der Waals surface area contributed by atoms with E-state index in [9.17, 15) is 4.79 Å². The van der Waals surface area contributed by atoms with Crippen LogP contribution in [0.1, 0.15) is 15.2 Å². The Morgan fingerprint density at radius 3 is 2.30 bits per heavy atom. The molecule has 114 valence electrons. The molecular formula is C18H13BrN2OS. The van der Waals surface area contributed by atoms with Crippen molar-refractivity contribution in [1.29, 1.82) is 0 Å². The average molecular weight is 385 g/mol. The smallest absolute Gasteiger partial charge is 0.267 e. The van der Waals surface area contributed by atoms with Crippen molar-refractivity contribution >= 4 is 39.4 Å². The van der Waals surface area contributed by atoms with Crippen LogP contribution in [0.3, 0.4) is 0 Å². The van der Waals surface area contributed by atoms with E-state index in [-0.39, 0.29) is 5.91 Å². The van der Waals surface area contributed by atoms with Crippen LogP contribution in [-0.4, -0.2) is 12.1 Å². The summed E-state index contributed by atoms with van der Waals surface area (Å²) >= 11 is 4.94. The van der Waals surface area contributed by atoms with Crippen LogP contribution in [0.2, 0.25) is 0 Å². The van der Waals surface area contributed by atoms with Crippen molar-refractivity contribution in [2.24, 2.45) is 5.10 Å². The van der Waals surface area contributed by atoms with E-state index in [0.29, 0.717) is 5.56 Å². The Labute approximate surface area is 146 Å². The Morgan fingerprint density at radius 1 is 0.957 bits per heavy atom. The summed E-state index contributed by atoms with van der Waals surface area (Å²) in [7, 11) is 0. The molecule has 0 unspecified atom stereocenters. The zero-order valence-electron chi connectivity index (χ0n) is 12.1. The van der Waals surface area contributed by atoms with E-state index < -0.39 is 0 Å². The summed E-state index contributed by atoms with van der Waals surface area (Å²) in [6, 6.07) is 21.4. The molecule has 0 bridgehead atoms. The van der Waals surface area contributed by atoms with E-state index in [1.165, 1.54) is 0 Å². The third kappa shape index (κ3) is 4.15. The molecule has 0 aliphatic rings. The Morgan fingerprint density at radius 2 is 1.65 bits per heavy atom. The minimum Gasteiger partial charge on any atom is -0.267 e. The summed E-state index contributed by atoms with van der Waals surface area (Å²) in [4.78, 5) is 13.0. The lowest BCUT2D eigenvalue weighted by Crippen LogP contribution is -2.17. The predicted molar refractivity (Wildman–Crippen MR) is 99.0 cm³/mol. The van der Waals surface area contributed by atoms with Crippen LogP contribution in [0.25, 0.3) is 11.1 Å². The van der Waals surface area contributed by atoms with Crippen molar-refractivity contribution in [1.82, 2.24) is 5.43 Å². The summed E-state index contributed by atoms with van der Waals surface area (Å²) in [6.45, 7) is 0. The molecule has 0 fully saturated rings. The van der Waals surface area contributed by atoms with E-state index in [0.717, 1.165) is 19.8 Å². The number of rotatable bonds is 4. The number of nitrogens with zero attached hydrogens (tertiary/aromatic N) is 1. The second-order valence-corrected chi connectivity index (χ2v) is 7.28. The SMILES string of the molecule is O=C(N/N=C\c1ccc(Br)s1)c1ccc(-c2ccccc2)cc1. The highest BCUT2D eigenvalue weighted by Gasteiger charge is 2.04. The van der Waals surface area contributed by atoms with Gasteiger partial charge in [0, 0.05) is 10.4 Å². The molecule has 23 heavy (non-hydrogen) atoms. The van der Waals surface area contributed by atoms with Gasteiger partial charge in [-0.1, -0.05) is 42.5 Å². The van der Waals surface area contributed by atoms with Crippen molar-refractivity contribution in [2.75, 3.05) is 0 Å². The maximum absolute atomic E-state index is 12.1. The molecule has 0 aliphatic carbocycles. The molecule has 5 heteroatoms. The Kier molecular flexibility index (Phi) is 5.00. The molecule has 3 aromatic rings. The molecule has 0 saturated heterocycles. The first-order valence-corrected chi connectivity index (χ1v) is 8.57. The standard InChI is InChI=1S/C18H13BrN2OS/c19-17-11-10-16(23-17)12-20-21-18(22)15-8-6-14(7-9-15)13-4-2-1-3-5-13/h1-12H,(H,21,22)/b20-12-. The first-order chi connectivity index (χ1) is 11.2. The van der Waals surface area contributed by atoms with Gasteiger partial charge < -0.3 is 0 Å². The van der Waals surface area contributed by atoms with Gasteiger partial charge in [-0.15, -0.1) is 11.3 Å².